The number of azo groups is 1. The molecule has 1 aliphatic carbocycles. The van der Waals surface area contributed by atoms with E-state index in [-0.39, 0.29) is 21.2 Å². The number of carbonyl (C=O) groups excluding carboxylic acids is 1. The first-order chi connectivity index (χ1) is 25.6. The van der Waals surface area contributed by atoms with Crippen molar-refractivity contribution in [3.05, 3.63) is 70.6 Å². The molecular weight excluding hydrogens is 879 g/mol. The van der Waals surface area contributed by atoms with E-state index >= 15 is 0 Å². The average molecular weight is 904 g/mol. The van der Waals surface area contributed by atoms with Gasteiger partial charge in [-0.2, -0.15) is 43.9 Å². The summed E-state index contributed by atoms with van der Waals surface area (Å²) in [6.07, 6.45) is 0.600. The van der Waals surface area contributed by atoms with Crippen LogP contribution in [0.4, 0.5) is 22.7 Å². The first kappa shape index (κ1) is 44.1. The van der Waals surface area contributed by atoms with Crippen molar-refractivity contribution < 1.29 is 81.9 Å². The lowest BCUT2D eigenvalue weighted by Crippen LogP contribution is -2.28. The van der Waals surface area contributed by atoms with Crippen LogP contribution in [0.2, 0.25) is 0 Å². The van der Waals surface area contributed by atoms with Crippen LogP contribution in [0.25, 0.3) is 6.08 Å². The van der Waals surface area contributed by atoms with Crippen molar-refractivity contribution >= 4 is 101 Å². The number of fused-ring (bicyclic) bond motifs is 1. The van der Waals surface area contributed by atoms with Crippen LogP contribution in [0.5, 0.6) is 0 Å². The second kappa shape index (κ2) is 16.1. The Bertz CT molecular complexity index is 2860. The molecule has 0 amide bonds. The highest BCUT2D eigenvalue weighted by Crippen LogP contribution is 2.41. The van der Waals surface area contributed by atoms with Gasteiger partial charge in [0.2, 0.25) is 5.78 Å². The number of nitrogen functional groups attached to an aromatic ring is 1. The van der Waals surface area contributed by atoms with E-state index < -0.39 is 129 Å². The molecule has 30 heteroatoms. The Kier molecular flexibility index (Phi) is 12.7. The molecule has 3 aromatic rings. The summed E-state index contributed by atoms with van der Waals surface area (Å²) in [5.41, 5.74) is 4.31. The first-order valence-electron chi connectivity index (χ1n) is 14.4. The molecule has 0 saturated carbocycles. The van der Waals surface area contributed by atoms with Crippen molar-refractivity contribution in [2.75, 3.05) is 35.9 Å². The number of Topliss-reactive ketones (excluding diaryl/α,β-unsaturated/α-hetero) is 1. The number of hydrogen-bond acceptors (Lipinski definition) is 20. The molecule has 24 nitrogen and oxygen atoms in total. The predicted octanol–water partition coefficient (Wildman–Crippen LogP) is 1.01. The SMILES string of the molecule is Nc1c(/N=N/c2ccc(S(=O)(=O)CCOS(=O)(=O)O)cc2)c(S(=O)(=O)O)cc2c1C(=O)/C(=N/Nc1ccc(S(=O)(=O)CCOS(=O)(=O)O)cc1)C(S(=O)(=O)O)=C2. The molecule has 0 unspecified atom stereocenters. The maximum Gasteiger partial charge on any atom is 0.397 e. The molecule has 7 N–H and O–H groups in total. The van der Waals surface area contributed by atoms with E-state index in [1.807, 2.05) is 0 Å². The highest BCUT2D eigenvalue weighted by molar-refractivity contribution is 7.92. The summed E-state index contributed by atoms with van der Waals surface area (Å²) >= 11 is 0. The lowest BCUT2D eigenvalue weighted by molar-refractivity contribution is 0.106. The number of rotatable bonds is 16. The quantitative estimate of drug-likeness (QED) is 0.0505. The van der Waals surface area contributed by atoms with Gasteiger partial charge in [0.25, 0.3) is 20.2 Å². The Morgan fingerprint density at radius 3 is 1.59 bits per heavy atom. The van der Waals surface area contributed by atoms with Crippen molar-refractivity contribution in [3.63, 3.8) is 0 Å². The number of nitrogens with one attached hydrogen (secondary N) is 1. The number of carbonyl (C=O) groups is 1. The van der Waals surface area contributed by atoms with Crippen LogP contribution in [-0.2, 0) is 69.1 Å². The maximum atomic E-state index is 13.7. The summed E-state index contributed by atoms with van der Waals surface area (Å²) in [5.74, 6) is -3.07. The largest absolute Gasteiger partial charge is 0.397 e. The standard InChI is InChI=1S/C26H25N5O19S6/c27-23-22-15(13-20(53(37,38)39)24(23)30-28-16-1-5-18(6-2-16)51(33,34)11-9-49-55(43,44)45)14-21(54(40,41)42)25(26(22)32)31-29-17-3-7-19(8-4-17)52(35,36)12-10-50-56(46,47)48/h1-8,13-14,29H,9-12,27H2,(H,37,38,39)(H,40,41,42)(H,43,44,45)(H,46,47,48)/b30-28+,31-25+. The molecule has 56 heavy (non-hydrogen) atoms. The molecule has 0 aromatic heterocycles. The molecule has 0 aliphatic heterocycles. The van der Waals surface area contributed by atoms with E-state index in [4.69, 9.17) is 14.8 Å². The van der Waals surface area contributed by atoms with Crippen molar-refractivity contribution in [1.29, 1.82) is 0 Å². The fourth-order valence-corrected chi connectivity index (χ4v) is 8.82. The van der Waals surface area contributed by atoms with Crippen LogP contribution < -0.4 is 11.2 Å². The molecule has 0 spiro atoms. The third-order valence-corrected chi connectivity index (χ3v) is 13.0. The second-order valence-electron chi connectivity index (χ2n) is 10.8. The minimum atomic E-state index is -5.31. The van der Waals surface area contributed by atoms with E-state index in [2.05, 4.69) is 29.1 Å². The lowest BCUT2D eigenvalue weighted by atomic mass is 9.92. The summed E-state index contributed by atoms with van der Waals surface area (Å²) < 4.78 is 187. The Hall–Kier alpha value is -4.60. The van der Waals surface area contributed by atoms with Gasteiger partial charge in [-0.3, -0.25) is 28.4 Å². The number of benzene rings is 3. The van der Waals surface area contributed by atoms with Gasteiger partial charge < -0.3 is 5.73 Å². The van der Waals surface area contributed by atoms with Crippen LogP contribution in [0.1, 0.15) is 15.9 Å². The van der Waals surface area contributed by atoms with Crippen LogP contribution in [-0.4, -0.2) is 105 Å². The van der Waals surface area contributed by atoms with Gasteiger partial charge in [0.15, 0.2) is 25.4 Å². The average Bonchev–Trinajstić information content (AvgIpc) is 3.05. The molecule has 0 bridgehead atoms. The number of nitrogens with two attached hydrogens (primary N) is 1. The van der Waals surface area contributed by atoms with Crippen molar-refractivity contribution in [3.8, 4) is 0 Å². The Morgan fingerprint density at radius 2 is 1.14 bits per heavy atom. The zero-order valence-corrected chi connectivity index (χ0v) is 32.3. The second-order valence-corrected chi connectivity index (χ2v) is 20.0. The monoisotopic (exact) mass is 903 g/mol. The van der Waals surface area contributed by atoms with Gasteiger partial charge in [-0.05, 0) is 66.2 Å². The first-order valence-corrected chi connectivity index (χ1v) is 23.3. The Morgan fingerprint density at radius 1 is 0.661 bits per heavy atom. The van der Waals surface area contributed by atoms with Crippen LogP contribution in [0, 0.1) is 0 Å². The zero-order valence-electron chi connectivity index (χ0n) is 27.4. The number of ketones is 1. The van der Waals surface area contributed by atoms with Gasteiger partial charge >= 0.3 is 20.8 Å². The molecule has 0 heterocycles. The molecule has 4 rings (SSSR count). The number of allylic oxidation sites excluding steroid dienone is 1. The smallest absolute Gasteiger partial charge is 0.396 e. The molecule has 0 radical (unpaired) electrons. The number of sulfone groups is 2. The van der Waals surface area contributed by atoms with E-state index in [9.17, 15) is 64.4 Å². The predicted molar refractivity (Wildman–Crippen MR) is 192 cm³/mol. The van der Waals surface area contributed by atoms with Gasteiger partial charge in [-0.1, -0.05) is 0 Å². The third-order valence-electron chi connectivity index (χ3n) is 6.99. The molecule has 0 fully saturated rings. The highest BCUT2D eigenvalue weighted by Gasteiger charge is 2.37. The van der Waals surface area contributed by atoms with Gasteiger partial charge in [-0.15, -0.1) is 5.11 Å². The zero-order chi connectivity index (χ0) is 42.1. The Balaban J connectivity index is 1.69. The van der Waals surface area contributed by atoms with Gasteiger partial charge in [0.05, 0.1) is 57.1 Å². The third kappa shape index (κ3) is 11.3. The Labute approximate surface area is 318 Å². The number of nitrogens with zero attached hydrogens (tertiary/aromatic N) is 3. The van der Waals surface area contributed by atoms with E-state index in [0.717, 1.165) is 48.5 Å². The summed E-state index contributed by atoms with van der Waals surface area (Å²) in [7, 11) is -28.7. The maximum absolute atomic E-state index is 13.7. The van der Waals surface area contributed by atoms with Crippen LogP contribution >= 0.6 is 0 Å². The molecule has 304 valence electrons. The number of anilines is 2. The number of hydrogen-bond donors (Lipinski definition) is 6. The molecule has 3 aromatic carbocycles. The minimum absolute atomic E-state index is 0.0756. The fraction of sp³-hybridized carbons (Fsp3) is 0.154. The fourth-order valence-electron chi connectivity index (χ4n) is 4.52. The van der Waals surface area contributed by atoms with E-state index in [1.54, 1.807) is 0 Å². The molecule has 0 saturated heterocycles. The molecular formula is C26H25N5O19S6. The summed E-state index contributed by atoms with van der Waals surface area (Å²) in [6, 6.07) is 8.88. The summed E-state index contributed by atoms with van der Waals surface area (Å²) in [5, 5.41) is 11.2. The van der Waals surface area contributed by atoms with E-state index in [0.29, 0.717) is 12.1 Å². The number of hydrazone groups is 1. The van der Waals surface area contributed by atoms with Crippen molar-refractivity contribution in [2.45, 2.75) is 14.7 Å². The lowest BCUT2D eigenvalue weighted by Gasteiger charge is -2.20. The topological polar surface area (TPSA) is 396 Å². The van der Waals surface area contributed by atoms with Crippen molar-refractivity contribution in [2.24, 2.45) is 15.3 Å². The van der Waals surface area contributed by atoms with Gasteiger partial charge in [-0.25, -0.2) is 25.2 Å². The van der Waals surface area contributed by atoms with Crippen LogP contribution in [0.15, 0.2) is 89.5 Å². The minimum Gasteiger partial charge on any atom is -0.396 e. The normalized spacial score (nSPS) is 15.2. The summed E-state index contributed by atoms with van der Waals surface area (Å²) in [4.78, 5) is 10.7. The molecule has 0 atom stereocenters. The molecule has 1 aliphatic rings. The van der Waals surface area contributed by atoms with Crippen molar-refractivity contribution in [1.82, 2.24) is 0 Å². The van der Waals surface area contributed by atoms with Crippen LogP contribution in [0.3, 0.4) is 0 Å². The van der Waals surface area contributed by atoms with Gasteiger partial charge in [0.1, 0.15) is 15.5 Å². The highest BCUT2D eigenvalue weighted by atomic mass is 32.3. The van der Waals surface area contributed by atoms with Gasteiger partial charge in [0, 0.05) is 0 Å². The van der Waals surface area contributed by atoms with E-state index in [1.165, 1.54) is 0 Å². The summed E-state index contributed by atoms with van der Waals surface area (Å²) in [6.45, 7) is -1.83.